The summed E-state index contributed by atoms with van der Waals surface area (Å²) in [5, 5.41) is 2.90. The van der Waals surface area contributed by atoms with E-state index in [-0.39, 0.29) is 10.7 Å². The number of carbonyl (C=O) groups excluding carboxylic acids is 1. The Morgan fingerprint density at radius 1 is 1.33 bits per heavy atom. The third kappa shape index (κ3) is 3.47. The second-order valence-electron chi connectivity index (χ2n) is 5.49. The van der Waals surface area contributed by atoms with Crippen LogP contribution in [0.25, 0.3) is 11.1 Å². The molecule has 2 aromatic carbocycles. The maximum atomic E-state index is 12.5. The lowest BCUT2D eigenvalue weighted by atomic mass is 10.1. The highest BCUT2D eigenvalue weighted by molar-refractivity contribution is 7.83. The fourth-order valence-electron chi connectivity index (χ4n) is 2.48. The molecule has 0 fully saturated rings. The van der Waals surface area contributed by atoms with Gasteiger partial charge in [-0.2, -0.15) is 0 Å². The number of oxazole rings is 1. The molecule has 124 valence electrons. The number of fused-ring (bicyclic) bond motifs is 1. The van der Waals surface area contributed by atoms with Crippen LogP contribution < -0.4 is 5.32 Å². The molecular formula is C17H16N2O3S2. The highest BCUT2D eigenvalue weighted by Gasteiger charge is 2.12. The first-order valence-corrected chi connectivity index (χ1v) is 9.40. The van der Waals surface area contributed by atoms with E-state index in [0.717, 1.165) is 16.6 Å². The number of amides is 1. The summed E-state index contributed by atoms with van der Waals surface area (Å²) >= 11 is 4.94. The molecule has 0 saturated carbocycles. The van der Waals surface area contributed by atoms with Crippen molar-refractivity contribution in [3.05, 3.63) is 57.9 Å². The Morgan fingerprint density at radius 2 is 2.12 bits per heavy atom. The molecular weight excluding hydrogens is 344 g/mol. The van der Waals surface area contributed by atoms with Gasteiger partial charge in [-0.15, -0.1) is 0 Å². The maximum Gasteiger partial charge on any atom is 0.266 e. The molecule has 0 unspecified atom stereocenters. The highest BCUT2D eigenvalue weighted by atomic mass is 32.2. The number of H-pyrrole nitrogens is 1. The van der Waals surface area contributed by atoms with Gasteiger partial charge >= 0.3 is 0 Å². The van der Waals surface area contributed by atoms with E-state index in [4.69, 9.17) is 16.6 Å². The fourth-order valence-corrected chi connectivity index (χ4v) is 3.43. The Morgan fingerprint density at radius 3 is 2.88 bits per heavy atom. The van der Waals surface area contributed by atoms with E-state index in [0.29, 0.717) is 22.6 Å². The summed E-state index contributed by atoms with van der Waals surface area (Å²) < 4.78 is 16.8. The summed E-state index contributed by atoms with van der Waals surface area (Å²) in [6, 6.07) is 10.7. The average molecular weight is 360 g/mol. The predicted molar refractivity (Wildman–Crippen MR) is 98.3 cm³/mol. The van der Waals surface area contributed by atoms with Crippen LogP contribution in [0.4, 0.5) is 5.69 Å². The van der Waals surface area contributed by atoms with Crippen molar-refractivity contribution < 1.29 is 13.4 Å². The number of nitrogens with one attached hydrogen (secondary N) is 2. The van der Waals surface area contributed by atoms with Gasteiger partial charge in [-0.1, -0.05) is 12.1 Å². The zero-order valence-electron chi connectivity index (χ0n) is 13.2. The molecule has 1 heterocycles. The van der Waals surface area contributed by atoms with Gasteiger partial charge in [0.05, 0.1) is 5.52 Å². The van der Waals surface area contributed by atoms with Gasteiger partial charge in [0.25, 0.3) is 10.7 Å². The molecule has 5 nitrogen and oxygen atoms in total. The number of hydrogen-bond donors (Lipinski definition) is 2. The van der Waals surface area contributed by atoms with Crippen LogP contribution in [-0.4, -0.2) is 21.4 Å². The minimum absolute atomic E-state index is 0.239. The van der Waals surface area contributed by atoms with Gasteiger partial charge in [0, 0.05) is 34.1 Å². The number of hydrogen-bond acceptors (Lipinski definition) is 4. The molecule has 0 aliphatic rings. The molecule has 0 bridgehead atoms. The molecule has 1 aromatic heterocycles. The molecule has 0 saturated heterocycles. The number of anilines is 1. The SMILES string of the molecule is Cc1c(C[S@](C)=O)cccc1NC(=O)c1ccc2[nH]c(=S)oc2c1. The second-order valence-corrected chi connectivity index (χ2v) is 7.29. The Balaban J connectivity index is 1.88. The van der Waals surface area contributed by atoms with Crippen molar-refractivity contribution in [1.29, 1.82) is 0 Å². The van der Waals surface area contributed by atoms with Crippen LogP contribution >= 0.6 is 12.2 Å². The zero-order chi connectivity index (χ0) is 17.3. The number of benzene rings is 2. The van der Waals surface area contributed by atoms with Crippen LogP contribution in [0.15, 0.2) is 40.8 Å². The van der Waals surface area contributed by atoms with Gasteiger partial charge in [0.2, 0.25) is 0 Å². The van der Waals surface area contributed by atoms with Gasteiger partial charge in [0.15, 0.2) is 5.58 Å². The normalized spacial score (nSPS) is 12.2. The standard InChI is InChI=1S/C17H16N2O3S2/c1-10-12(9-24(2)21)4-3-5-13(10)18-16(20)11-6-7-14-15(8-11)22-17(23)19-14/h3-8H,9H2,1-2H3,(H,18,20)(H,19,23)/t24-/m0/s1. The minimum atomic E-state index is -0.936. The summed E-state index contributed by atoms with van der Waals surface area (Å²) in [4.78, 5) is 15.7. The van der Waals surface area contributed by atoms with Gasteiger partial charge in [-0.05, 0) is 54.5 Å². The zero-order valence-corrected chi connectivity index (χ0v) is 14.8. The number of aromatic nitrogens is 1. The number of aromatic amines is 1. The third-order valence-corrected chi connectivity index (χ3v) is 4.64. The van der Waals surface area contributed by atoms with Crippen LogP contribution in [0.2, 0.25) is 0 Å². The molecule has 0 spiro atoms. The minimum Gasteiger partial charge on any atom is -0.429 e. The summed E-state index contributed by atoms with van der Waals surface area (Å²) in [6.07, 6.45) is 1.66. The van der Waals surface area contributed by atoms with Crippen LogP contribution in [0.3, 0.4) is 0 Å². The molecule has 24 heavy (non-hydrogen) atoms. The van der Waals surface area contributed by atoms with E-state index in [1.54, 1.807) is 24.5 Å². The van der Waals surface area contributed by atoms with Gasteiger partial charge < -0.3 is 14.7 Å². The van der Waals surface area contributed by atoms with Gasteiger partial charge in [-0.25, -0.2) is 0 Å². The van der Waals surface area contributed by atoms with Crippen molar-refractivity contribution in [3.63, 3.8) is 0 Å². The van der Waals surface area contributed by atoms with Crippen molar-refractivity contribution in [2.24, 2.45) is 0 Å². The van der Waals surface area contributed by atoms with Crippen molar-refractivity contribution in [2.75, 3.05) is 11.6 Å². The summed E-state index contributed by atoms with van der Waals surface area (Å²) in [7, 11) is -0.936. The van der Waals surface area contributed by atoms with E-state index in [9.17, 15) is 9.00 Å². The average Bonchev–Trinajstić information content (AvgIpc) is 2.89. The van der Waals surface area contributed by atoms with Crippen LogP contribution in [-0.2, 0) is 16.6 Å². The topological polar surface area (TPSA) is 75.1 Å². The monoisotopic (exact) mass is 360 g/mol. The lowest BCUT2D eigenvalue weighted by Gasteiger charge is -2.12. The Labute approximate surface area is 146 Å². The molecule has 1 atom stereocenters. The molecule has 0 aliphatic carbocycles. The van der Waals surface area contributed by atoms with E-state index < -0.39 is 10.8 Å². The maximum absolute atomic E-state index is 12.5. The van der Waals surface area contributed by atoms with Crippen molar-refractivity contribution in [2.45, 2.75) is 12.7 Å². The molecule has 0 radical (unpaired) electrons. The fraction of sp³-hybridized carbons (Fsp3) is 0.176. The van der Waals surface area contributed by atoms with Gasteiger partial charge in [0.1, 0.15) is 0 Å². The first kappa shape index (κ1) is 16.6. The van der Waals surface area contributed by atoms with Crippen molar-refractivity contribution in [3.8, 4) is 0 Å². The first-order chi connectivity index (χ1) is 11.4. The lowest BCUT2D eigenvalue weighted by molar-refractivity contribution is 0.102. The summed E-state index contributed by atoms with van der Waals surface area (Å²) in [6.45, 7) is 1.91. The Kier molecular flexibility index (Phi) is 4.64. The predicted octanol–water partition coefficient (Wildman–Crippen LogP) is 3.93. The largest absolute Gasteiger partial charge is 0.429 e. The van der Waals surface area contributed by atoms with E-state index in [2.05, 4.69) is 10.3 Å². The number of rotatable bonds is 4. The van der Waals surface area contributed by atoms with Crippen molar-refractivity contribution in [1.82, 2.24) is 4.98 Å². The smallest absolute Gasteiger partial charge is 0.266 e. The van der Waals surface area contributed by atoms with E-state index in [1.807, 2.05) is 25.1 Å². The van der Waals surface area contributed by atoms with Crippen LogP contribution in [0.5, 0.6) is 0 Å². The Bertz CT molecular complexity index is 1000. The van der Waals surface area contributed by atoms with Crippen LogP contribution in [0, 0.1) is 11.8 Å². The molecule has 2 N–H and O–H groups in total. The Hall–Kier alpha value is -2.25. The number of carbonyl (C=O) groups is 1. The van der Waals surface area contributed by atoms with E-state index >= 15 is 0 Å². The quantitative estimate of drug-likeness (QED) is 0.691. The van der Waals surface area contributed by atoms with Crippen molar-refractivity contribution >= 4 is 45.7 Å². The van der Waals surface area contributed by atoms with Gasteiger partial charge in [-0.3, -0.25) is 9.00 Å². The first-order valence-electron chi connectivity index (χ1n) is 7.27. The van der Waals surface area contributed by atoms with Crippen LogP contribution in [0.1, 0.15) is 21.5 Å². The summed E-state index contributed by atoms with van der Waals surface area (Å²) in [5.41, 5.74) is 4.35. The molecule has 3 aromatic rings. The molecule has 3 rings (SSSR count). The summed E-state index contributed by atoms with van der Waals surface area (Å²) in [5.74, 6) is 0.225. The highest BCUT2D eigenvalue weighted by Crippen LogP contribution is 2.22. The molecule has 7 heteroatoms. The second kappa shape index (κ2) is 6.70. The molecule has 1 amide bonds. The lowest BCUT2D eigenvalue weighted by Crippen LogP contribution is -2.13. The van der Waals surface area contributed by atoms with E-state index in [1.165, 1.54) is 0 Å². The molecule has 0 aliphatic heterocycles. The third-order valence-electron chi connectivity index (χ3n) is 3.74.